The summed E-state index contributed by atoms with van der Waals surface area (Å²) in [5.41, 5.74) is 0.975. The van der Waals surface area contributed by atoms with Crippen molar-refractivity contribution in [1.29, 1.82) is 0 Å². The van der Waals surface area contributed by atoms with Gasteiger partial charge in [0.2, 0.25) is 0 Å². The highest BCUT2D eigenvalue weighted by Gasteiger charge is 2.12. The van der Waals surface area contributed by atoms with E-state index in [4.69, 9.17) is 5.11 Å². The number of hydrogen-bond acceptors (Lipinski definition) is 5. The number of nitrogens with one attached hydrogen (secondary N) is 1. The summed E-state index contributed by atoms with van der Waals surface area (Å²) in [4.78, 5) is 28.9. The largest absolute Gasteiger partial charge is 0.481 e. The molecule has 1 aromatic carbocycles. The molecule has 2 N–H and O–H groups in total. The summed E-state index contributed by atoms with van der Waals surface area (Å²) < 4.78 is 1.14. The average molecular weight is 374 g/mol. The second-order valence-electron chi connectivity index (χ2n) is 5.61. The minimum absolute atomic E-state index is 0.0874. The molecule has 3 rings (SSSR count). The minimum Gasteiger partial charge on any atom is -0.481 e. The summed E-state index contributed by atoms with van der Waals surface area (Å²) in [7, 11) is 0. The molecule has 0 saturated carbocycles. The molecule has 7 heteroatoms. The van der Waals surface area contributed by atoms with Crippen LogP contribution in [0.1, 0.15) is 35.4 Å². The Morgan fingerprint density at radius 2 is 1.88 bits per heavy atom. The Bertz CT molecular complexity index is 852. The Hall–Kier alpha value is -2.25. The van der Waals surface area contributed by atoms with Gasteiger partial charge in [0.15, 0.2) is 0 Å². The monoisotopic (exact) mass is 374 g/mol. The van der Waals surface area contributed by atoms with Gasteiger partial charge >= 0.3 is 5.97 Å². The zero-order valence-electron chi connectivity index (χ0n) is 13.5. The number of benzene rings is 1. The molecule has 2 heterocycles. The number of amides is 1. The number of thiazole rings is 1. The first kappa shape index (κ1) is 17.6. The van der Waals surface area contributed by atoms with Gasteiger partial charge in [-0.2, -0.15) is 0 Å². The maximum absolute atomic E-state index is 12.2. The smallest absolute Gasteiger partial charge is 0.303 e. The van der Waals surface area contributed by atoms with Crippen LogP contribution in [-0.4, -0.2) is 28.5 Å². The fourth-order valence-electron chi connectivity index (χ4n) is 2.42. The van der Waals surface area contributed by atoms with Crippen LogP contribution in [0.15, 0.2) is 36.4 Å². The predicted octanol–water partition coefficient (Wildman–Crippen LogP) is 4.40. The third-order valence-electron chi connectivity index (χ3n) is 3.69. The number of hydrogen-bond donors (Lipinski definition) is 2. The van der Waals surface area contributed by atoms with Gasteiger partial charge in [0.25, 0.3) is 5.91 Å². The number of unbranched alkanes of at least 4 members (excludes halogenated alkanes) is 2. The van der Waals surface area contributed by atoms with Crippen molar-refractivity contribution in [1.82, 2.24) is 10.3 Å². The van der Waals surface area contributed by atoms with Crippen molar-refractivity contribution >= 4 is 44.8 Å². The van der Waals surface area contributed by atoms with Crippen LogP contribution in [0.25, 0.3) is 20.1 Å². The number of aliphatic carboxylic acids is 1. The van der Waals surface area contributed by atoms with E-state index in [0.717, 1.165) is 32.9 Å². The molecule has 0 aliphatic rings. The average Bonchev–Trinajstić information content (AvgIpc) is 3.23. The summed E-state index contributed by atoms with van der Waals surface area (Å²) in [5.74, 6) is -0.861. The highest BCUT2D eigenvalue weighted by Crippen LogP contribution is 2.34. The Balaban J connectivity index is 1.54. The Kier molecular flexibility index (Phi) is 5.78. The number of carbonyl (C=O) groups is 2. The second kappa shape index (κ2) is 8.22. The van der Waals surface area contributed by atoms with E-state index < -0.39 is 5.97 Å². The van der Waals surface area contributed by atoms with Crippen molar-refractivity contribution in [2.24, 2.45) is 0 Å². The lowest BCUT2D eigenvalue weighted by atomic mass is 10.2. The standard InChI is InChI=1S/C18H18N2O3S2/c21-16(22)8-2-1-5-11-19-17(23)14-9-10-15(24-14)18-20-12-6-3-4-7-13(12)25-18/h3-4,6-7,9-10H,1-2,5,8,11H2,(H,19,23)(H,21,22). The fourth-order valence-corrected chi connectivity index (χ4v) is 4.36. The van der Waals surface area contributed by atoms with Gasteiger partial charge in [-0.25, -0.2) is 4.98 Å². The zero-order chi connectivity index (χ0) is 17.6. The topological polar surface area (TPSA) is 79.3 Å². The van der Waals surface area contributed by atoms with E-state index in [1.807, 2.05) is 36.4 Å². The number of thiophene rings is 1. The van der Waals surface area contributed by atoms with Crippen LogP contribution in [0, 0.1) is 0 Å². The number of nitrogens with zero attached hydrogens (tertiary/aromatic N) is 1. The van der Waals surface area contributed by atoms with E-state index in [1.165, 1.54) is 11.3 Å². The predicted molar refractivity (Wildman–Crippen MR) is 101 cm³/mol. The van der Waals surface area contributed by atoms with Gasteiger partial charge in [-0.05, 0) is 37.1 Å². The van der Waals surface area contributed by atoms with Gasteiger partial charge in [-0.15, -0.1) is 22.7 Å². The van der Waals surface area contributed by atoms with Gasteiger partial charge in [-0.1, -0.05) is 18.6 Å². The molecule has 0 radical (unpaired) electrons. The number of rotatable bonds is 8. The van der Waals surface area contributed by atoms with Gasteiger partial charge in [0.1, 0.15) is 5.01 Å². The summed E-state index contributed by atoms with van der Waals surface area (Å²) in [6.45, 7) is 0.562. The molecule has 0 spiro atoms. The molecule has 2 aromatic heterocycles. The molecular weight excluding hydrogens is 356 g/mol. The van der Waals surface area contributed by atoms with Gasteiger partial charge in [0.05, 0.1) is 20.0 Å². The molecule has 5 nitrogen and oxygen atoms in total. The van der Waals surface area contributed by atoms with Crippen molar-refractivity contribution in [2.75, 3.05) is 6.54 Å². The van der Waals surface area contributed by atoms with E-state index in [9.17, 15) is 9.59 Å². The van der Waals surface area contributed by atoms with Crippen LogP contribution in [0.2, 0.25) is 0 Å². The van der Waals surface area contributed by atoms with E-state index in [0.29, 0.717) is 17.8 Å². The van der Waals surface area contributed by atoms with Crippen LogP contribution >= 0.6 is 22.7 Å². The molecule has 0 bridgehead atoms. The zero-order valence-corrected chi connectivity index (χ0v) is 15.2. The molecule has 0 saturated heterocycles. The minimum atomic E-state index is -0.773. The number of fused-ring (bicyclic) bond motifs is 1. The van der Waals surface area contributed by atoms with E-state index in [1.54, 1.807) is 11.3 Å². The SMILES string of the molecule is O=C(O)CCCCCNC(=O)c1ccc(-c2nc3ccccc3s2)s1. The quantitative estimate of drug-likeness (QED) is 0.573. The summed E-state index contributed by atoms with van der Waals surface area (Å²) >= 11 is 3.06. The van der Waals surface area contributed by atoms with Crippen LogP contribution in [-0.2, 0) is 4.79 Å². The molecule has 0 aliphatic heterocycles. The molecule has 0 aliphatic carbocycles. The van der Waals surface area contributed by atoms with Crippen molar-refractivity contribution < 1.29 is 14.7 Å². The molecule has 3 aromatic rings. The van der Waals surface area contributed by atoms with Crippen LogP contribution in [0.4, 0.5) is 0 Å². The van der Waals surface area contributed by atoms with E-state index in [-0.39, 0.29) is 12.3 Å². The molecule has 130 valence electrons. The highest BCUT2D eigenvalue weighted by atomic mass is 32.1. The summed E-state index contributed by atoms with van der Waals surface area (Å²) in [5, 5.41) is 12.4. The normalized spacial score (nSPS) is 10.9. The number of carboxylic acid groups (broad SMARTS) is 1. The number of carboxylic acids is 1. The van der Waals surface area contributed by atoms with Crippen LogP contribution in [0.3, 0.4) is 0 Å². The van der Waals surface area contributed by atoms with Gasteiger partial charge < -0.3 is 10.4 Å². The second-order valence-corrected chi connectivity index (χ2v) is 7.73. The first-order valence-electron chi connectivity index (χ1n) is 8.09. The Morgan fingerprint density at radius 1 is 1.04 bits per heavy atom. The molecule has 0 unspecified atom stereocenters. The Morgan fingerprint density at radius 3 is 2.68 bits per heavy atom. The molecular formula is C18H18N2O3S2. The van der Waals surface area contributed by atoms with Gasteiger partial charge in [0, 0.05) is 13.0 Å². The van der Waals surface area contributed by atoms with E-state index >= 15 is 0 Å². The van der Waals surface area contributed by atoms with Crippen molar-refractivity contribution in [3.63, 3.8) is 0 Å². The lowest BCUT2D eigenvalue weighted by Crippen LogP contribution is -2.23. The first-order chi connectivity index (χ1) is 12.1. The fraction of sp³-hybridized carbons (Fsp3) is 0.278. The number of para-hydroxylation sites is 1. The molecule has 0 fully saturated rings. The maximum Gasteiger partial charge on any atom is 0.303 e. The Labute approximate surface area is 153 Å². The lowest BCUT2D eigenvalue weighted by molar-refractivity contribution is -0.137. The summed E-state index contributed by atoms with van der Waals surface area (Å²) in [6, 6.07) is 11.8. The summed E-state index contributed by atoms with van der Waals surface area (Å²) in [6.07, 6.45) is 2.42. The lowest BCUT2D eigenvalue weighted by Gasteiger charge is -2.02. The van der Waals surface area contributed by atoms with Crippen molar-refractivity contribution in [3.8, 4) is 9.88 Å². The van der Waals surface area contributed by atoms with Gasteiger partial charge in [-0.3, -0.25) is 9.59 Å². The molecule has 0 atom stereocenters. The third kappa shape index (κ3) is 4.64. The number of carbonyl (C=O) groups excluding carboxylic acids is 1. The third-order valence-corrected chi connectivity index (χ3v) is 5.98. The number of aromatic nitrogens is 1. The van der Waals surface area contributed by atoms with Crippen molar-refractivity contribution in [3.05, 3.63) is 41.3 Å². The first-order valence-corrected chi connectivity index (χ1v) is 9.72. The molecule has 25 heavy (non-hydrogen) atoms. The van der Waals surface area contributed by atoms with Crippen LogP contribution in [0.5, 0.6) is 0 Å². The molecule has 1 amide bonds. The van der Waals surface area contributed by atoms with Crippen molar-refractivity contribution in [2.45, 2.75) is 25.7 Å². The van der Waals surface area contributed by atoms with Crippen LogP contribution < -0.4 is 5.32 Å². The highest BCUT2D eigenvalue weighted by molar-refractivity contribution is 7.26. The van der Waals surface area contributed by atoms with E-state index in [2.05, 4.69) is 10.3 Å². The maximum atomic E-state index is 12.2.